The SMILES string of the molecule is Clc1ccc(-n2cccn2)c(NCC2CCCCN2)c1. The van der Waals surface area contributed by atoms with E-state index in [-0.39, 0.29) is 0 Å². The second-order valence-corrected chi connectivity index (χ2v) is 5.58. The lowest BCUT2D eigenvalue weighted by atomic mass is 10.1. The highest BCUT2D eigenvalue weighted by molar-refractivity contribution is 6.31. The van der Waals surface area contributed by atoms with Gasteiger partial charge in [-0.15, -0.1) is 0 Å². The van der Waals surface area contributed by atoms with Gasteiger partial charge in [-0.05, 0) is 43.7 Å². The zero-order chi connectivity index (χ0) is 13.8. The average molecular weight is 291 g/mol. The van der Waals surface area contributed by atoms with Crippen molar-refractivity contribution in [3.05, 3.63) is 41.7 Å². The van der Waals surface area contributed by atoms with Gasteiger partial charge in [0.2, 0.25) is 0 Å². The Morgan fingerprint density at radius 3 is 3.10 bits per heavy atom. The molecule has 1 fully saturated rings. The van der Waals surface area contributed by atoms with Crippen molar-refractivity contribution < 1.29 is 0 Å². The van der Waals surface area contributed by atoms with Gasteiger partial charge in [0.1, 0.15) is 0 Å². The molecular weight excluding hydrogens is 272 g/mol. The third-order valence-corrected chi connectivity index (χ3v) is 3.90. The number of hydrogen-bond acceptors (Lipinski definition) is 3. The Labute approximate surface area is 124 Å². The zero-order valence-corrected chi connectivity index (χ0v) is 12.1. The Kier molecular flexibility index (Phi) is 4.23. The van der Waals surface area contributed by atoms with E-state index in [4.69, 9.17) is 11.6 Å². The van der Waals surface area contributed by atoms with Crippen molar-refractivity contribution in [2.45, 2.75) is 25.3 Å². The van der Waals surface area contributed by atoms with Gasteiger partial charge in [-0.3, -0.25) is 0 Å². The minimum atomic E-state index is 0.535. The number of piperidine rings is 1. The number of rotatable bonds is 4. The van der Waals surface area contributed by atoms with Crippen LogP contribution in [0.4, 0.5) is 5.69 Å². The molecule has 1 aliphatic rings. The summed E-state index contributed by atoms with van der Waals surface area (Å²) < 4.78 is 1.85. The number of nitrogens with zero attached hydrogens (tertiary/aromatic N) is 2. The van der Waals surface area contributed by atoms with E-state index in [1.165, 1.54) is 19.3 Å². The van der Waals surface area contributed by atoms with Gasteiger partial charge in [0.25, 0.3) is 0 Å². The molecule has 0 bridgehead atoms. The summed E-state index contributed by atoms with van der Waals surface area (Å²) in [4.78, 5) is 0. The molecule has 2 N–H and O–H groups in total. The molecule has 106 valence electrons. The Bertz CT molecular complexity index is 547. The molecule has 0 spiro atoms. The third kappa shape index (κ3) is 3.14. The molecule has 1 saturated heterocycles. The first-order valence-corrected chi connectivity index (χ1v) is 7.47. The number of hydrogen-bond donors (Lipinski definition) is 2. The molecule has 1 aromatic heterocycles. The molecule has 1 atom stereocenters. The van der Waals surface area contributed by atoms with Crippen LogP contribution in [0.5, 0.6) is 0 Å². The molecule has 1 aromatic carbocycles. The predicted molar refractivity (Wildman–Crippen MR) is 82.7 cm³/mol. The van der Waals surface area contributed by atoms with Gasteiger partial charge in [0.05, 0.1) is 11.4 Å². The van der Waals surface area contributed by atoms with Crippen molar-refractivity contribution in [2.24, 2.45) is 0 Å². The summed E-state index contributed by atoms with van der Waals surface area (Å²) in [5.41, 5.74) is 2.05. The molecular formula is C15H19ClN4. The largest absolute Gasteiger partial charge is 0.382 e. The van der Waals surface area contributed by atoms with Crippen molar-refractivity contribution in [3.8, 4) is 5.69 Å². The minimum absolute atomic E-state index is 0.535. The van der Waals surface area contributed by atoms with Gasteiger partial charge in [-0.2, -0.15) is 5.10 Å². The van der Waals surface area contributed by atoms with Gasteiger partial charge >= 0.3 is 0 Å². The normalized spacial score (nSPS) is 18.9. The molecule has 1 aliphatic heterocycles. The summed E-state index contributed by atoms with van der Waals surface area (Å²) in [5.74, 6) is 0. The maximum absolute atomic E-state index is 6.11. The van der Waals surface area contributed by atoms with Gasteiger partial charge < -0.3 is 10.6 Å². The standard InChI is InChI=1S/C15H19ClN4/c16-12-5-6-15(20-9-3-8-19-20)14(10-12)18-11-13-4-1-2-7-17-13/h3,5-6,8-10,13,17-18H,1-2,4,7,11H2. The first kappa shape index (κ1) is 13.5. The Morgan fingerprint density at radius 1 is 1.40 bits per heavy atom. The smallest absolute Gasteiger partial charge is 0.0877 e. The van der Waals surface area contributed by atoms with Crippen LogP contribution in [0.2, 0.25) is 5.02 Å². The van der Waals surface area contributed by atoms with Crippen molar-refractivity contribution in [2.75, 3.05) is 18.4 Å². The fourth-order valence-corrected chi connectivity index (χ4v) is 2.76. The third-order valence-electron chi connectivity index (χ3n) is 3.66. The lowest BCUT2D eigenvalue weighted by Gasteiger charge is -2.24. The van der Waals surface area contributed by atoms with Crippen LogP contribution >= 0.6 is 11.6 Å². The van der Waals surface area contributed by atoms with Crippen molar-refractivity contribution in [1.29, 1.82) is 0 Å². The van der Waals surface area contributed by atoms with Crippen LogP contribution in [0.3, 0.4) is 0 Å². The lowest BCUT2D eigenvalue weighted by Crippen LogP contribution is -2.39. The summed E-state index contributed by atoms with van der Waals surface area (Å²) in [7, 11) is 0. The fourth-order valence-electron chi connectivity index (χ4n) is 2.59. The summed E-state index contributed by atoms with van der Waals surface area (Å²) in [6.45, 7) is 2.03. The lowest BCUT2D eigenvalue weighted by molar-refractivity contribution is 0.414. The Balaban J connectivity index is 1.75. The number of halogens is 1. The molecule has 4 nitrogen and oxygen atoms in total. The van der Waals surface area contributed by atoms with Crippen LogP contribution in [0.15, 0.2) is 36.7 Å². The molecule has 20 heavy (non-hydrogen) atoms. The van der Waals surface area contributed by atoms with E-state index in [0.717, 1.165) is 29.5 Å². The average Bonchev–Trinajstić information content (AvgIpc) is 3.00. The summed E-state index contributed by atoms with van der Waals surface area (Å²) in [6, 6.07) is 8.30. The summed E-state index contributed by atoms with van der Waals surface area (Å²) in [6.07, 6.45) is 7.53. The molecule has 0 radical (unpaired) electrons. The van der Waals surface area contributed by atoms with Crippen LogP contribution in [-0.2, 0) is 0 Å². The summed E-state index contributed by atoms with van der Waals surface area (Å²) >= 11 is 6.11. The van der Waals surface area contributed by atoms with E-state index in [1.807, 2.05) is 35.1 Å². The molecule has 2 aromatic rings. The van der Waals surface area contributed by atoms with E-state index in [0.29, 0.717) is 6.04 Å². The van der Waals surface area contributed by atoms with E-state index in [2.05, 4.69) is 15.7 Å². The van der Waals surface area contributed by atoms with Crippen LogP contribution in [0.25, 0.3) is 5.69 Å². The van der Waals surface area contributed by atoms with Crippen molar-refractivity contribution in [1.82, 2.24) is 15.1 Å². The number of aromatic nitrogens is 2. The van der Waals surface area contributed by atoms with Gasteiger partial charge in [-0.1, -0.05) is 18.0 Å². The highest BCUT2D eigenvalue weighted by Crippen LogP contribution is 2.24. The molecule has 0 amide bonds. The second-order valence-electron chi connectivity index (χ2n) is 5.14. The highest BCUT2D eigenvalue weighted by Gasteiger charge is 2.13. The van der Waals surface area contributed by atoms with Crippen LogP contribution in [0, 0.1) is 0 Å². The zero-order valence-electron chi connectivity index (χ0n) is 11.3. The van der Waals surface area contributed by atoms with Gasteiger partial charge in [0, 0.05) is 30.0 Å². The first-order valence-electron chi connectivity index (χ1n) is 7.10. The van der Waals surface area contributed by atoms with Crippen LogP contribution < -0.4 is 10.6 Å². The van der Waals surface area contributed by atoms with Gasteiger partial charge in [0.15, 0.2) is 0 Å². The fraction of sp³-hybridized carbons (Fsp3) is 0.400. The Morgan fingerprint density at radius 2 is 2.35 bits per heavy atom. The molecule has 5 heteroatoms. The van der Waals surface area contributed by atoms with E-state index >= 15 is 0 Å². The monoisotopic (exact) mass is 290 g/mol. The molecule has 0 aliphatic carbocycles. The Hall–Kier alpha value is -1.52. The predicted octanol–water partition coefficient (Wildman–Crippen LogP) is 3.08. The maximum atomic E-state index is 6.11. The highest BCUT2D eigenvalue weighted by atomic mass is 35.5. The minimum Gasteiger partial charge on any atom is -0.382 e. The van der Waals surface area contributed by atoms with Crippen LogP contribution in [-0.4, -0.2) is 28.9 Å². The molecule has 2 heterocycles. The van der Waals surface area contributed by atoms with E-state index in [1.54, 1.807) is 6.20 Å². The number of anilines is 1. The molecule has 3 rings (SSSR count). The topological polar surface area (TPSA) is 41.9 Å². The quantitative estimate of drug-likeness (QED) is 0.909. The molecule has 0 saturated carbocycles. The van der Waals surface area contributed by atoms with E-state index < -0.39 is 0 Å². The first-order chi connectivity index (χ1) is 9.83. The number of benzene rings is 1. The summed E-state index contributed by atoms with van der Waals surface area (Å²) in [5, 5.41) is 12.1. The van der Waals surface area contributed by atoms with Crippen molar-refractivity contribution in [3.63, 3.8) is 0 Å². The van der Waals surface area contributed by atoms with Crippen LogP contribution in [0.1, 0.15) is 19.3 Å². The number of nitrogens with one attached hydrogen (secondary N) is 2. The maximum Gasteiger partial charge on any atom is 0.0877 e. The van der Waals surface area contributed by atoms with Gasteiger partial charge in [-0.25, -0.2) is 4.68 Å². The van der Waals surface area contributed by atoms with Crippen molar-refractivity contribution >= 4 is 17.3 Å². The van der Waals surface area contributed by atoms with E-state index in [9.17, 15) is 0 Å². The molecule has 1 unspecified atom stereocenters. The second kappa shape index (κ2) is 6.29.